The number of hydrogen-bond acceptors (Lipinski definition) is 2. The highest BCUT2D eigenvalue weighted by atomic mass is 32.2. The van der Waals surface area contributed by atoms with Crippen LogP contribution in [0.5, 0.6) is 0 Å². The van der Waals surface area contributed by atoms with Crippen LogP contribution in [0.15, 0.2) is 0 Å². The summed E-state index contributed by atoms with van der Waals surface area (Å²) in [5.41, 5.74) is -0.320. The molecule has 0 aromatic rings. The average molecular weight is 254 g/mol. The minimum atomic E-state index is -3.17. The van der Waals surface area contributed by atoms with Crippen LogP contribution in [-0.4, -0.2) is 19.9 Å². The second-order valence-electron chi connectivity index (χ2n) is 6.14. The van der Waals surface area contributed by atoms with E-state index in [0.717, 1.165) is 0 Å². The Kier molecular flexibility index (Phi) is 5.30. The second-order valence-corrected chi connectivity index (χ2v) is 8.20. The molecule has 0 rings (SSSR count). The van der Waals surface area contributed by atoms with E-state index in [1.165, 1.54) is 0 Å². The fourth-order valence-electron chi connectivity index (χ4n) is 0.873. The van der Waals surface area contributed by atoms with Crippen molar-refractivity contribution in [2.75, 3.05) is 11.5 Å². The number of rotatable bonds is 2. The zero-order valence-corrected chi connectivity index (χ0v) is 12.5. The molecule has 17 heavy (non-hydrogen) atoms. The monoisotopic (exact) mass is 254 g/mol. The van der Waals surface area contributed by atoms with Gasteiger partial charge in [0.25, 0.3) is 0 Å². The van der Waals surface area contributed by atoms with Crippen LogP contribution in [0.3, 0.4) is 0 Å². The van der Waals surface area contributed by atoms with E-state index in [1.807, 2.05) is 41.5 Å². The predicted molar refractivity (Wildman–Crippen MR) is 73.1 cm³/mol. The molecule has 0 fully saturated rings. The molecule has 0 aliphatic rings. The van der Waals surface area contributed by atoms with Crippen molar-refractivity contribution < 1.29 is 8.42 Å². The third-order valence-electron chi connectivity index (χ3n) is 1.51. The molecule has 0 amide bonds. The van der Waals surface area contributed by atoms with Crippen molar-refractivity contribution in [1.29, 1.82) is 0 Å². The maximum atomic E-state index is 11.6. The van der Waals surface area contributed by atoms with Gasteiger partial charge in [-0.2, -0.15) is 0 Å². The summed E-state index contributed by atoms with van der Waals surface area (Å²) in [6, 6.07) is 0. The summed E-state index contributed by atoms with van der Waals surface area (Å²) in [6.07, 6.45) is 0. The molecule has 0 saturated carbocycles. The van der Waals surface area contributed by atoms with Gasteiger partial charge in [0.1, 0.15) is 11.5 Å². The zero-order valence-electron chi connectivity index (χ0n) is 11.6. The molecule has 0 radical (unpaired) electrons. The minimum absolute atomic E-state index is 0.108. The topological polar surface area (TPSA) is 34.1 Å². The van der Waals surface area contributed by atoms with Crippen LogP contribution in [0.25, 0.3) is 0 Å². The van der Waals surface area contributed by atoms with Gasteiger partial charge in [0.15, 0.2) is 9.84 Å². The molecule has 0 N–H and O–H groups in total. The molecule has 0 saturated heterocycles. The van der Waals surface area contributed by atoms with Gasteiger partial charge in [-0.3, -0.25) is 0 Å². The quantitative estimate of drug-likeness (QED) is 0.710. The van der Waals surface area contributed by atoms with Crippen molar-refractivity contribution in [3.8, 4) is 23.7 Å². The zero-order chi connectivity index (χ0) is 13.7. The van der Waals surface area contributed by atoms with Gasteiger partial charge in [0.2, 0.25) is 0 Å². The first-order chi connectivity index (χ1) is 7.41. The molecule has 0 aromatic heterocycles. The van der Waals surface area contributed by atoms with Crippen molar-refractivity contribution >= 4 is 9.84 Å². The summed E-state index contributed by atoms with van der Waals surface area (Å²) in [7, 11) is -3.17. The Hall–Kier alpha value is -0.930. The average Bonchev–Trinajstić information content (AvgIpc) is 1.96. The molecular formula is C14H22O2S. The van der Waals surface area contributed by atoms with Gasteiger partial charge in [0, 0.05) is 10.8 Å². The van der Waals surface area contributed by atoms with Crippen molar-refractivity contribution in [3.05, 3.63) is 0 Å². The van der Waals surface area contributed by atoms with Crippen molar-refractivity contribution in [2.24, 2.45) is 10.8 Å². The van der Waals surface area contributed by atoms with Gasteiger partial charge in [0.05, 0.1) is 0 Å². The number of sulfone groups is 1. The Labute approximate surface area is 106 Å². The maximum absolute atomic E-state index is 11.6. The van der Waals surface area contributed by atoms with E-state index >= 15 is 0 Å². The van der Waals surface area contributed by atoms with Crippen LogP contribution in [0, 0.1) is 34.5 Å². The van der Waals surface area contributed by atoms with Crippen LogP contribution in [0.1, 0.15) is 41.5 Å². The Bertz CT molecular complexity index is 423. The van der Waals surface area contributed by atoms with Gasteiger partial charge in [-0.1, -0.05) is 23.7 Å². The molecule has 0 bridgehead atoms. The first kappa shape index (κ1) is 16.1. The summed E-state index contributed by atoms with van der Waals surface area (Å²) in [4.78, 5) is 0. The summed E-state index contributed by atoms with van der Waals surface area (Å²) >= 11 is 0. The molecule has 2 nitrogen and oxygen atoms in total. The van der Waals surface area contributed by atoms with E-state index in [0.29, 0.717) is 0 Å². The normalized spacial score (nSPS) is 12.1. The highest BCUT2D eigenvalue weighted by Gasteiger charge is 2.09. The summed E-state index contributed by atoms with van der Waals surface area (Å²) in [6.45, 7) is 11.7. The minimum Gasteiger partial charge on any atom is -0.227 e. The Balaban J connectivity index is 4.51. The molecule has 0 aromatic carbocycles. The number of hydrogen-bond donors (Lipinski definition) is 0. The first-order valence-electron chi connectivity index (χ1n) is 5.62. The smallest absolute Gasteiger partial charge is 0.172 e. The summed E-state index contributed by atoms with van der Waals surface area (Å²) in [5, 5.41) is 0. The van der Waals surface area contributed by atoms with Gasteiger partial charge >= 0.3 is 0 Å². The van der Waals surface area contributed by atoms with Gasteiger partial charge < -0.3 is 0 Å². The fraction of sp³-hybridized carbons (Fsp3) is 0.714. The fourth-order valence-corrected chi connectivity index (χ4v) is 1.56. The largest absolute Gasteiger partial charge is 0.227 e. The maximum Gasteiger partial charge on any atom is 0.172 e. The SMILES string of the molecule is CC(C)(C)C#CCS(=O)(=O)CC#CC(C)(C)C. The molecular weight excluding hydrogens is 232 g/mol. The van der Waals surface area contributed by atoms with Crippen molar-refractivity contribution in [1.82, 2.24) is 0 Å². The third-order valence-corrected chi connectivity index (χ3v) is 2.68. The predicted octanol–water partition coefficient (Wildman–Crippen LogP) is 2.50. The van der Waals surface area contributed by atoms with E-state index < -0.39 is 9.84 Å². The van der Waals surface area contributed by atoms with Crippen LogP contribution >= 0.6 is 0 Å². The molecule has 96 valence electrons. The Morgan fingerprint density at radius 3 is 1.29 bits per heavy atom. The molecule has 0 atom stereocenters. The molecule has 0 aliphatic heterocycles. The van der Waals surface area contributed by atoms with E-state index in [9.17, 15) is 8.42 Å². The van der Waals surface area contributed by atoms with Crippen LogP contribution < -0.4 is 0 Å². The summed E-state index contributed by atoms with van der Waals surface area (Å²) < 4.78 is 23.2. The molecule has 0 aliphatic carbocycles. The van der Waals surface area contributed by atoms with Crippen LogP contribution in [0.2, 0.25) is 0 Å². The van der Waals surface area contributed by atoms with Gasteiger partial charge in [-0.15, -0.1) is 0 Å². The molecule has 0 unspecified atom stereocenters. The highest BCUT2D eigenvalue weighted by molar-refractivity contribution is 7.91. The third kappa shape index (κ3) is 11.3. The lowest BCUT2D eigenvalue weighted by molar-refractivity contribution is 0.570. The lowest BCUT2D eigenvalue weighted by Crippen LogP contribution is -2.10. The van der Waals surface area contributed by atoms with E-state index in [1.54, 1.807) is 0 Å². The standard InChI is InChI=1S/C14H22O2S/c1-13(2,3)9-7-11-17(15,16)12-8-10-14(4,5)6/h11-12H2,1-6H3. The lowest BCUT2D eigenvalue weighted by atomic mass is 9.98. The van der Waals surface area contributed by atoms with Gasteiger partial charge in [-0.25, -0.2) is 8.42 Å². The highest BCUT2D eigenvalue weighted by Crippen LogP contribution is 2.10. The Morgan fingerprint density at radius 1 is 0.765 bits per heavy atom. The molecule has 0 heterocycles. The van der Waals surface area contributed by atoms with Crippen LogP contribution in [-0.2, 0) is 9.84 Å². The van der Waals surface area contributed by atoms with Gasteiger partial charge in [-0.05, 0) is 41.5 Å². The van der Waals surface area contributed by atoms with Crippen LogP contribution in [0.4, 0.5) is 0 Å². The molecule has 3 heteroatoms. The summed E-state index contributed by atoms with van der Waals surface area (Å²) in [5.74, 6) is 11.0. The van der Waals surface area contributed by atoms with E-state index in [4.69, 9.17) is 0 Å². The van der Waals surface area contributed by atoms with E-state index in [2.05, 4.69) is 23.7 Å². The molecule has 0 spiro atoms. The van der Waals surface area contributed by atoms with Crippen molar-refractivity contribution in [2.45, 2.75) is 41.5 Å². The van der Waals surface area contributed by atoms with Crippen molar-refractivity contribution in [3.63, 3.8) is 0 Å². The first-order valence-corrected chi connectivity index (χ1v) is 7.44. The Morgan fingerprint density at radius 2 is 1.06 bits per heavy atom. The second kappa shape index (κ2) is 5.61. The lowest BCUT2D eigenvalue weighted by Gasteiger charge is -2.07. The van der Waals surface area contributed by atoms with E-state index in [-0.39, 0.29) is 22.3 Å².